The Morgan fingerprint density at radius 1 is 1.09 bits per heavy atom. The zero-order valence-corrected chi connectivity index (χ0v) is 19.9. The molecule has 0 saturated carbocycles. The number of nitrogens with zero attached hydrogens (tertiary/aromatic N) is 1. The minimum Gasteiger partial charge on any atom is -0.494 e. The van der Waals surface area contributed by atoms with Crippen LogP contribution >= 0.6 is 23.4 Å². The molecule has 0 bridgehead atoms. The van der Waals surface area contributed by atoms with E-state index >= 15 is 0 Å². The molecular weight excluding hydrogens is 456 g/mol. The van der Waals surface area contributed by atoms with Crippen molar-refractivity contribution in [2.75, 3.05) is 12.4 Å². The second kappa shape index (κ2) is 10.8. The zero-order valence-electron chi connectivity index (χ0n) is 18.3. The Bertz CT molecular complexity index is 1120. The third-order valence-corrected chi connectivity index (χ3v) is 6.86. The maximum absolute atomic E-state index is 12.6. The minimum atomic E-state index is -0.142. The number of benzene rings is 3. The van der Waals surface area contributed by atoms with Gasteiger partial charge < -0.3 is 15.0 Å². The van der Waals surface area contributed by atoms with Gasteiger partial charge in [0, 0.05) is 23.7 Å². The van der Waals surface area contributed by atoms with Gasteiger partial charge in [0.25, 0.3) is 5.91 Å². The van der Waals surface area contributed by atoms with Crippen molar-refractivity contribution < 1.29 is 14.3 Å². The highest BCUT2D eigenvalue weighted by Gasteiger charge is 2.32. The average Bonchev–Trinajstić information content (AvgIpc) is 3.19. The number of carbonyl (C=O) groups excluding carboxylic acids is 2. The number of rotatable bonds is 8. The second-order valence-corrected chi connectivity index (χ2v) is 9.20. The van der Waals surface area contributed by atoms with Gasteiger partial charge in [0.15, 0.2) is 0 Å². The number of amides is 2. The first-order valence-electron chi connectivity index (χ1n) is 10.8. The Hall–Kier alpha value is -2.96. The van der Waals surface area contributed by atoms with Gasteiger partial charge in [0.2, 0.25) is 5.91 Å². The molecule has 0 spiro atoms. The number of nitrogens with one attached hydrogen (secondary N) is 1. The van der Waals surface area contributed by atoms with Crippen LogP contribution in [0.25, 0.3) is 0 Å². The Morgan fingerprint density at radius 3 is 2.58 bits per heavy atom. The molecule has 33 heavy (non-hydrogen) atoms. The maximum atomic E-state index is 12.6. The van der Waals surface area contributed by atoms with Gasteiger partial charge in [-0.3, -0.25) is 9.59 Å². The van der Waals surface area contributed by atoms with E-state index in [4.69, 9.17) is 16.3 Å². The van der Waals surface area contributed by atoms with Crippen LogP contribution in [0.15, 0.2) is 72.8 Å². The van der Waals surface area contributed by atoms with Crippen molar-refractivity contribution in [1.82, 2.24) is 10.2 Å². The monoisotopic (exact) mass is 480 g/mol. The van der Waals surface area contributed by atoms with E-state index in [0.717, 1.165) is 22.4 Å². The van der Waals surface area contributed by atoms with Gasteiger partial charge in [-0.25, -0.2) is 0 Å². The van der Waals surface area contributed by atoms with E-state index in [-0.39, 0.29) is 17.2 Å². The maximum Gasteiger partial charge on any atom is 0.251 e. The van der Waals surface area contributed by atoms with Crippen LogP contribution in [-0.2, 0) is 17.9 Å². The summed E-state index contributed by atoms with van der Waals surface area (Å²) in [5.74, 6) is 1.20. The van der Waals surface area contributed by atoms with E-state index in [0.29, 0.717) is 36.0 Å². The van der Waals surface area contributed by atoms with Gasteiger partial charge >= 0.3 is 0 Å². The lowest BCUT2D eigenvalue weighted by Crippen LogP contribution is -2.27. The smallest absolute Gasteiger partial charge is 0.251 e. The Labute approximate surface area is 203 Å². The summed E-state index contributed by atoms with van der Waals surface area (Å²) in [5.41, 5.74) is 3.59. The summed E-state index contributed by atoms with van der Waals surface area (Å²) in [6, 6.07) is 22.7. The van der Waals surface area contributed by atoms with Gasteiger partial charge in [-0.2, -0.15) is 0 Å². The number of hydrogen-bond acceptors (Lipinski definition) is 4. The summed E-state index contributed by atoms with van der Waals surface area (Å²) < 4.78 is 5.51. The molecule has 0 radical (unpaired) electrons. The molecule has 1 N–H and O–H groups in total. The molecule has 1 fully saturated rings. The highest BCUT2D eigenvalue weighted by molar-refractivity contribution is 8.00. The molecular formula is C26H25ClN2O3S. The molecule has 170 valence electrons. The van der Waals surface area contributed by atoms with Crippen LogP contribution in [0.3, 0.4) is 0 Å². The molecule has 1 saturated heterocycles. The average molecular weight is 481 g/mol. The molecule has 1 aliphatic heterocycles. The third kappa shape index (κ3) is 5.89. The highest BCUT2D eigenvalue weighted by atomic mass is 35.5. The predicted octanol–water partition coefficient (Wildman–Crippen LogP) is 5.44. The van der Waals surface area contributed by atoms with Crippen LogP contribution in [0.4, 0.5) is 0 Å². The first-order valence-corrected chi connectivity index (χ1v) is 12.2. The molecule has 7 heteroatoms. The largest absolute Gasteiger partial charge is 0.494 e. The molecule has 1 aliphatic rings. The highest BCUT2D eigenvalue weighted by Crippen LogP contribution is 2.39. The minimum absolute atomic E-state index is 0.0772. The van der Waals surface area contributed by atoms with Gasteiger partial charge in [0.05, 0.1) is 12.4 Å². The van der Waals surface area contributed by atoms with Gasteiger partial charge in [0.1, 0.15) is 11.1 Å². The fraction of sp³-hybridized carbons (Fsp3) is 0.231. The first kappa shape index (κ1) is 23.2. The van der Waals surface area contributed by atoms with Crippen LogP contribution in [0.1, 0.15) is 39.3 Å². The summed E-state index contributed by atoms with van der Waals surface area (Å²) in [6.45, 7) is 3.49. The summed E-state index contributed by atoms with van der Waals surface area (Å²) in [4.78, 5) is 27.0. The second-order valence-electron chi connectivity index (χ2n) is 7.70. The van der Waals surface area contributed by atoms with E-state index in [1.807, 2.05) is 84.6 Å². The fourth-order valence-electron chi connectivity index (χ4n) is 3.68. The molecule has 3 aromatic carbocycles. The molecule has 4 rings (SSSR count). The number of ether oxygens (including phenoxy) is 1. The summed E-state index contributed by atoms with van der Waals surface area (Å²) in [5, 5.41) is 3.55. The third-order valence-electron chi connectivity index (χ3n) is 5.35. The Balaban J connectivity index is 1.39. The predicted molar refractivity (Wildman–Crippen MR) is 132 cm³/mol. The van der Waals surface area contributed by atoms with Crippen LogP contribution < -0.4 is 10.1 Å². The van der Waals surface area contributed by atoms with Crippen LogP contribution in [0, 0.1) is 0 Å². The van der Waals surface area contributed by atoms with E-state index in [1.54, 1.807) is 11.8 Å². The molecule has 2 amide bonds. The van der Waals surface area contributed by atoms with Gasteiger partial charge in [-0.1, -0.05) is 48.0 Å². The van der Waals surface area contributed by atoms with E-state index in [9.17, 15) is 9.59 Å². The van der Waals surface area contributed by atoms with E-state index in [2.05, 4.69) is 5.32 Å². The van der Waals surface area contributed by atoms with Crippen molar-refractivity contribution in [3.63, 3.8) is 0 Å². The lowest BCUT2D eigenvalue weighted by atomic mass is 10.1. The summed E-state index contributed by atoms with van der Waals surface area (Å²) in [6.07, 6.45) is 0. The Morgan fingerprint density at radius 2 is 1.85 bits per heavy atom. The molecule has 3 aromatic rings. The van der Waals surface area contributed by atoms with Crippen molar-refractivity contribution in [3.05, 3.63) is 100 Å². The fourth-order valence-corrected chi connectivity index (χ4v) is 5.00. The molecule has 0 unspecified atom stereocenters. The number of halogens is 1. The molecule has 1 atom stereocenters. The van der Waals surface area contributed by atoms with Crippen LogP contribution in [0.5, 0.6) is 5.75 Å². The number of carbonyl (C=O) groups is 2. The van der Waals surface area contributed by atoms with Gasteiger partial charge in [-0.15, -0.1) is 11.8 Å². The molecule has 0 aliphatic carbocycles. The SMILES string of the molecule is CCOc1cccc(CNC(=O)c2ccc([C@H]3SCC(=O)N3Cc3ccc(Cl)cc3)cc2)c1. The van der Waals surface area contributed by atoms with Crippen molar-refractivity contribution in [3.8, 4) is 5.75 Å². The van der Waals surface area contributed by atoms with Crippen molar-refractivity contribution in [1.29, 1.82) is 0 Å². The van der Waals surface area contributed by atoms with Crippen molar-refractivity contribution in [2.24, 2.45) is 0 Å². The topological polar surface area (TPSA) is 58.6 Å². The lowest BCUT2D eigenvalue weighted by molar-refractivity contribution is -0.128. The number of thioether (sulfide) groups is 1. The summed E-state index contributed by atoms with van der Waals surface area (Å²) in [7, 11) is 0. The number of hydrogen-bond donors (Lipinski definition) is 1. The van der Waals surface area contributed by atoms with E-state index in [1.165, 1.54) is 0 Å². The van der Waals surface area contributed by atoms with Crippen molar-refractivity contribution in [2.45, 2.75) is 25.4 Å². The Kier molecular flexibility index (Phi) is 7.57. The lowest BCUT2D eigenvalue weighted by Gasteiger charge is -2.24. The molecule has 5 nitrogen and oxygen atoms in total. The first-order chi connectivity index (χ1) is 16.0. The molecule has 0 aromatic heterocycles. The van der Waals surface area contributed by atoms with Crippen LogP contribution in [-0.4, -0.2) is 29.1 Å². The quantitative estimate of drug-likeness (QED) is 0.466. The molecule has 1 heterocycles. The standard InChI is InChI=1S/C26H25ClN2O3S/c1-2-32-23-5-3-4-19(14-23)15-28-25(31)20-8-10-21(11-9-20)26-29(24(30)17-33-26)16-18-6-12-22(27)13-7-18/h3-14,26H,2,15-17H2,1H3,(H,28,31)/t26-/m1/s1. The normalized spacial score (nSPS) is 15.5. The summed E-state index contributed by atoms with van der Waals surface area (Å²) >= 11 is 7.57. The zero-order chi connectivity index (χ0) is 23.2. The van der Waals surface area contributed by atoms with Crippen molar-refractivity contribution >= 4 is 35.2 Å². The van der Waals surface area contributed by atoms with Gasteiger partial charge in [-0.05, 0) is 60.0 Å². The van der Waals surface area contributed by atoms with E-state index < -0.39 is 0 Å². The van der Waals surface area contributed by atoms with Crippen LogP contribution in [0.2, 0.25) is 5.02 Å².